The molecule has 0 radical (unpaired) electrons. The number of amides is 1. The number of carbonyl (C=O) groups is 1. The summed E-state index contributed by atoms with van der Waals surface area (Å²) < 4.78 is 23.2. The van der Waals surface area contributed by atoms with Gasteiger partial charge in [0.1, 0.15) is 0 Å². The Labute approximate surface area is 73.7 Å². The molecule has 1 N–H and O–H groups in total. The standard InChI is InChI=1S/C6H10F2N4O/c7-5(8)6(13)10-3-1-2-4-11-12-9/h5H,1-4H2,(H,10,13). The monoisotopic (exact) mass is 192 g/mol. The van der Waals surface area contributed by atoms with E-state index in [1.807, 2.05) is 5.32 Å². The number of nitrogens with one attached hydrogen (secondary N) is 1. The lowest BCUT2D eigenvalue weighted by Crippen LogP contribution is -2.30. The Hall–Kier alpha value is -1.36. The van der Waals surface area contributed by atoms with Crippen molar-refractivity contribution in [3.63, 3.8) is 0 Å². The fourth-order valence-corrected chi connectivity index (χ4v) is 0.641. The first-order valence-electron chi connectivity index (χ1n) is 3.75. The number of hydrogen-bond acceptors (Lipinski definition) is 2. The van der Waals surface area contributed by atoms with E-state index in [1.54, 1.807) is 0 Å². The van der Waals surface area contributed by atoms with Gasteiger partial charge in [-0.15, -0.1) is 0 Å². The first-order chi connectivity index (χ1) is 6.18. The number of hydrogen-bond donors (Lipinski definition) is 1. The molecule has 0 aromatic heterocycles. The maximum Gasteiger partial charge on any atom is 0.315 e. The van der Waals surface area contributed by atoms with Crippen LogP contribution in [0.1, 0.15) is 12.8 Å². The molecule has 74 valence electrons. The first kappa shape index (κ1) is 11.6. The van der Waals surface area contributed by atoms with Crippen molar-refractivity contribution in [1.29, 1.82) is 0 Å². The molecule has 0 rings (SSSR count). The highest BCUT2D eigenvalue weighted by atomic mass is 19.3. The quantitative estimate of drug-likeness (QED) is 0.294. The largest absolute Gasteiger partial charge is 0.351 e. The minimum atomic E-state index is -2.96. The van der Waals surface area contributed by atoms with Gasteiger partial charge in [-0.1, -0.05) is 5.11 Å². The van der Waals surface area contributed by atoms with Crippen LogP contribution < -0.4 is 5.32 Å². The Morgan fingerprint density at radius 2 is 2.23 bits per heavy atom. The van der Waals surface area contributed by atoms with Crippen LogP contribution in [0.4, 0.5) is 8.78 Å². The highest BCUT2D eigenvalue weighted by Gasteiger charge is 2.12. The zero-order valence-electron chi connectivity index (χ0n) is 6.91. The SMILES string of the molecule is [N-]=[N+]=NCCCCNC(=O)C(F)F. The number of nitrogens with zero attached hydrogens (tertiary/aromatic N) is 3. The van der Waals surface area contributed by atoms with Crippen molar-refractivity contribution in [2.75, 3.05) is 13.1 Å². The van der Waals surface area contributed by atoms with Crippen LogP contribution >= 0.6 is 0 Å². The molecule has 5 nitrogen and oxygen atoms in total. The molecule has 0 aromatic carbocycles. The van der Waals surface area contributed by atoms with E-state index in [0.717, 1.165) is 0 Å². The minimum Gasteiger partial charge on any atom is -0.351 e. The van der Waals surface area contributed by atoms with E-state index < -0.39 is 12.3 Å². The number of halogens is 2. The molecule has 0 aliphatic carbocycles. The predicted molar refractivity (Wildman–Crippen MR) is 42.3 cm³/mol. The third-order valence-electron chi connectivity index (χ3n) is 1.25. The van der Waals surface area contributed by atoms with Crippen LogP contribution in [0.3, 0.4) is 0 Å². The van der Waals surface area contributed by atoms with E-state index in [1.165, 1.54) is 0 Å². The molecule has 13 heavy (non-hydrogen) atoms. The van der Waals surface area contributed by atoms with Crippen LogP contribution in [0, 0.1) is 0 Å². The molecule has 0 unspecified atom stereocenters. The summed E-state index contributed by atoms with van der Waals surface area (Å²) >= 11 is 0. The van der Waals surface area contributed by atoms with Gasteiger partial charge < -0.3 is 5.32 Å². The highest BCUT2D eigenvalue weighted by Crippen LogP contribution is 1.92. The molecular formula is C6H10F2N4O. The van der Waals surface area contributed by atoms with Gasteiger partial charge in [0.2, 0.25) is 0 Å². The van der Waals surface area contributed by atoms with E-state index in [0.29, 0.717) is 19.4 Å². The van der Waals surface area contributed by atoms with Crippen molar-refractivity contribution in [2.24, 2.45) is 5.11 Å². The maximum atomic E-state index is 11.6. The Balaban J connectivity index is 3.25. The van der Waals surface area contributed by atoms with E-state index in [2.05, 4.69) is 10.0 Å². The Bertz CT molecular complexity index is 203. The van der Waals surface area contributed by atoms with E-state index in [-0.39, 0.29) is 6.54 Å². The molecule has 0 saturated heterocycles. The second-order valence-corrected chi connectivity index (χ2v) is 2.25. The van der Waals surface area contributed by atoms with Crippen molar-refractivity contribution in [3.05, 3.63) is 10.4 Å². The summed E-state index contributed by atoms with van der Waals surface area (Å²) in [4.78, 5) is 12.8. The third kappa shape index (κ3) is 7.02. The molecule has 0 aromatic rings. The van der Waals surface area contributed by atoms with Gasteiger partial charge in [0.05, 0.1) is 0 Å². The van der Waals surface area contributed by atoms with Gasteiger partial charge in [0.25, 0.3) is 5.91 Å². The number of alkyl halides is 2. The van der Waals surface area contributed by atoms with Gasteiger partial charge in [0.15, 0.2) is 0 Å². The molecule has 0 bridgehead atoms. The molecule has 0 atom stereocenters. The molecule has 0 saturated carbocycles. The molecule has 0 fully saturated rings. The topological polar surface area (TPSA) is 77.9 Å². The Kier molecular flexibility index (Phi) is 6.53. The Morgan fingerprint density at radius 3 is 2.77 bits per heavy atom. The van der Waals surface area contributed by atoms with Crippen LogP contribution in [0.15, 0.2) is 5.11 Å². The maximum absolute atomic E-state index is 11.6. The summed E-state index contributed by atoms with van der Waals surface area (Å²) in [5.74, 6) is -1.26. The first-order valence-corrected chi connectivity index (χ1v) is 3.75. The van der Waals surface area contributed by atoms with E-state index >= 15 is 0 Å². The lowest BCUT2D eigenvalue weighted by molar-refractivity contribution is -0.131. The molecule has 1 amide bonds. The van der Waals surface area contributed by atoms with Gasteiger partial charge in [-0.05, 0) is 18.4 Å². The summed E-state index contributed by atoms with van der Waals surface area (Å²) in [7, 11) is 0. The van der Waals surface area contributed by atoms with Crippen molar-refractivity contribution in [2.45, 2.75) is 19.3 Å². The third-order valence-corrected chi connectivity index (χ3v) is 1.25. The number of rotatable bonds is 6. The zero-order chi connectivity index (χ0) is 10.1. The van der Waals surface area contributed by atoms with E-state index in [4.69, 9.17) is 5.53 Å². The summed E-state index contributed by atoms with van der Waals surface area (Å²) in [6.45, 7) is 0.505. The van der Waals surface area contributed by atoms with Crippen LogP contribution in [-0.4, -0.2) is 25.4 Å². The van der Waals surface area contributed by atoms with Gasteiger partial charge in [-0.2, -0.15) is 8.78 Å². The van der Waals surface area contributed by atoms with Crippen LogP contribution in [0.25, 0.3) is 10.4 Å². The highest BCUT2D eigenvalue weighted by molar-refractivity contribution is 5.78. The van der Waals surface area contributed by atoms with Crippen LogP contribution in [-0.2, 0) is 4.79 Å². The van der Waals surface area contributed by atoms with E-state index in [9.17, 15) is 13.6 Å². The molecule has 0 spiro atoms. The van der Waals surface area contributed by atoms with Gasteiger partial charge in [0, 0.05) is 18.0 Å². The second-order valence-electron chi connectivity index (χ2n) is 2.25. The lowest BCUT2D eigenvalue weighted by atomic mass is 10.3. The Morgan fingerprint density at radius 1 is 1.54 bits per heavy atom. The minimum absolute atomic E-state index is 0.185. The van der Waals surface area contributed by atoms with Crippen molar-refractivity contribution < 1.29 is 13.6 Å². The second kappa shape index (κ2) is 7.30. The fraction of sp³-hybridized carbons (Fsp3) is 0.833. The summed E-state index contributed by atoms with van der Waals surface area (Å²) in [5.41, 5.74) is 7.87. The number of azide groups is 1. The fourth-order valence-electron chi connectivity index (χ4n) is 0.641. The summed E-state index contributed by atoms with van der Waals surface area (Å²) in [6, 6.07) is 0. The van der Waals surface area contributed by atoms with Gasteiger partial charge in [-0.25, -0.2) is 0 Å². The molecule has 0 heterocycles. The lowest BCUT2D eigenvalue weighted by Gasteiger charge is -2.02. The number of carbonyl (C=O) groups excluding carboxylic acids is 1. The average Bonchev–Trinajstić information content (AvgIpc) is 2.10. The average molecular weight is 192 g/mol. The van der Waals surface area contributed by atoms with Gasteiger partial charge >= 0.3 is 6.43 Å². The van der Waals surface area contributed by atoms with Crippen molar-refractivity contribution in [1.82, 2.24) is 5.32 Å². The van der Waals surface area contributed by atoms with Crippen molar-refractivity contribution in [3.8, 4) is 0 Å². The smallest absolute Gasteiger partial charge is 0.315 e. The normalized spacial score (nSPS) is 9.46. The number of unbranched alkanes of at least 4 members (excludes halogenated alkanes) is 1. The van der Waals surface area contributed by atoms with Crippen LogP contribution in [0.5, 0.6) is 0 Å². The molecular weight excluding hydrogens is 182 g/mol. The molecule has 0 aliphatic heterocycles. The zero-order valence-corrected chi connectivity index (χ0v) is 6.91. The van der Waals surface area contributed by atoms with Crippen molar-refractivity contribution >= 4 is 5.91 Å². The van der Waals surface area contributed by atoms with Crippen LogP contribution in [0.2, 0.25) is 0 Å². The summed E-state index contributed by atoms with van der Waals surface area (Å²) in [6.07, 6.45) is -1.86. The molecule has 0 aliphatic rings. The van der Waals surface area contributed by atoms with Gasteiger partial charge in [-0.3, -0.25) is 4.79 Å². The molecule has 7 heteroatoms. The summed E-state index contributed by atoms with van der Waals surface area (Å²) in [5, 5.41) is 5.28. The predicted octanol–water partition coefficient (Wildman–Crippen LogP) is 1.46.